The van der Waals surface area contributed by atoms with E-state index in [1.807, 2.05) is 12.1 Å². The number of halogens is 1. The molecule has 6 heteroatoms. The fourth-order valence-electron chi connectivity index (χ4n) is 2.62. The Morgan fingerprint density at radius 2 is 2.15 bits per heavy atom. The van der Waals surface area contributed by atoms with Crippen molar-refractivity contribution in [1.82, 2.24) is 9.97 Å². The molecule has 0 bridgehead atoms. The van der Waals surface area contributed by atoms with Gasteiger partial charge in [-0.2, -0.15) is 0 Å². The van der Waals surface area contributed by atoms with Crippen LogP contribution in [0.2, 0.25) is 0 Å². The standard InChI is InChI=1S/C14H15BrN4O/c15-12-13(17-8-18-14(12)20)19-7-10-4-2-1-3-9(10)5-11(19)6-16/h1-4,8,11H,5-7,16H2,(H,17,18,20). The molecule has 1 aliphatic heterocycles. The predicted molar refractivity (Wildman–Crippen MR) is 81.7 cm³/mol. The van der Waals surface area contributed by atoms with Crippen molar-refractivity contribution in [1.29, 1.82) is 0 Å². The minimum atomic E-state index is -0.176. The Morgan fingerprint density at radius 3 is 2.90 bits per heavy atom. The van der Waals surface area contributed by atoms with E-state index in [1.165, 1.54) is 17.5 Å². The number of hydrogen-bond donors (Lipinski definition) is 2. The molecule has 2 heterocycles. The molecule has 20 heavy (non-hydrogen) atoms. The summed E-state index contributed by atoms with van der Waals surface area (Å²) in [5.41, 5.74) is 8.30. The largest absolute Gasteiger partial charge is 0.347 e. The van der Waals surface area contributed by atoms with E-state index < -0.39 is 0 Å². The maximum Gasteiger partial charge on any atom is 0.267 e. The summed E-state index contributed by atoms with van der Waals surface area (Å²) in [5, 5.41) is 0. The SMILES string of the molecule is NCC1Cc2ccccc2CN1c1nc[nH]c(=O)c1Br. The molecule has 1 unspecified atom stereocenters. The second-order valence-electron chi connectivity index (χ2n) is 4.86. The van der Waals surface area contributed by atoms with Gasteiger partial charge in [0.15, 0.2) is 5.82 Å². The number of anilines is 1. The summed E-state index contributed by atoms with van der Waals surface area (Å²) < 4.78 is 0.456. The number of nitrogens with two attached hydrogens (primary N) is 1. The Hall–Kier alpha value is -1.66. The molecule has 0 aliphatic carbocycles. The summed E-state index contributed by atoms with van der Waals surface area (Å²) >= 11 is 3.32. The molecular weight excluding hydrogens is 320 g/mol. The van der Waals surface area contributed by atoms with Crippen LogP contribution in [-0.4, -0.2) is 22.6 Å². The molecule has 3 rings (SSSR count). The zero-order valence-electron chi connectivity index (χ0n) is 10.8. The van der Waals surface area contributed by atoms with Crippen molar-refractivity contribution in [3.8, 4) is 0 Å². The van der Waals surface area contributed by atoms with Crippen molar-refractivity contribution in [3.05, 3.63) is 56.5 Å². The Labute approximate surface area is 125 Å². The lowest BCUT2D eigenvalue weighted by molar-refractivity contribution is 0.554. The highest BCUT2D eigenvalue weighted by Crippen LogP contribution is 2.29. The first kappa shape index (κ1) is 13.3. The minimum absolute atomic E-state index is 0.149. The van der Waals surface area contributed by atoms with E-state index in [-0.39, 0.29) is 11.6 Å². The molecule has 1 aromatic carbocycles. The number of benzene rings is 1. The summed E-state index contributed by atoms with van der Waals surface area (Å²) in [5.74, 6) is 0.652. The third kappa shape index (κ3) is 2.25. The third-order valence-electron chi connectivity index (χ3n) is 3.68. The lowest BCUT2D eigenvalue weighted by atomic mass is 9.94. The van der Waals surface area contributed by atoms with Gasteiger partial charge in [0, 0.05) is 19.1 Å². The van der Waals surface area contributed by atoms with Crippen LogP contribution in [0.15, 0.2) is 39.9 Å². The van der Waals surface area contributed by atoms with E-state index in [4.69, 9.17) is 5.73 Å². The van der Waals surface area contributed by atoms with Crippen molar-refractivity contribution in [2.24, 2.45) is 5.73 Å². The molecule has 0 saturated carbocycles. The van der Waals surface area contributed by atoms with Crippen molar-refractivity contribution >= 4 is 21.7 Å². The van der Waals surface area contributed by atoms with Crippen LogP contribution < -0.4 is 16.2 Å². The highest BCUT2D eigenvalue weighted by Gasteiger charge is 2.27. The van der Waals surface area contributed by atoms with Gasteiger partial charge in [-0.1, -0.05) is 24.3 Å². The van der Waals surface area contributed by atoms with Gasteiger partial charge in [0.2, 0.25) is 0 Å². The average Bonchev–Trinajstić information content (AvgIpc) is 2.48. The number of H-pyrrole nitrogens is 1. The van der Waals surface area contributed by atoms with Crippen molar-refractivity contribution in [2.45, 2.75) is 19.0 Å². The summed E-state index contributed by atoms with van der Waals surface area (Å²) in [6, 6.07) is 8.46. The summed E-state index contributed by atoms with van der Waals surface area (Å²) in [7, 11) is 0. The zero-order valence-corrected chi connectivity index (χ0v) is 12.4. The van der Waals surface area contributed by atoms with E-state index in [2.05, 4.69) is 42.9 Å². The summed E-state index contributed by atoms with van der Waals surface area (Å²) in [6.45, 7) is 1.24. The molecule has 1 atom stereocenters. The highest BCUT2D eigenvalue weighted by molar-refractivity contribution is 9.10. The van der Waals surface area contributed by atoms with E-state index in [0.29, 0.717) is 23.4 Å². The summed E-state index contributed by atoms with van der Waals surface area (Å²) in [4.78, 5) is 20.7. The number of nitrogens with zero attached hydrogens (tertiary/aromatic N) is 2. The maximum absolute atomic E-state index is 11.7. The highest BCUT2D eigenvalue weighted by atomic mass is 79.9. The quantitative estimate of drug-likeness (QED) is 0.871. The van der Waals surface area contributed by atoms with Crippen LogP contribution in [0.5, 0.6) is 0 Å². The third-order valence-corrected chi connectivity index (χ3v) is 4.39. The Morgan fingerprint density at radius 1 is 1.40 bits per heavy atom. The number of hydrogen-bond acceptors (Lipinski definition) is 4. The van der Waals surface area contributed by atoms with Crippen LogP contribution in [0.4, 0.5) is 5.82 Å². The minimum Gasteiger partial charge on any atom is -0.347 e. The number of aromatic amines is 1. The predicted octanol–water partition coefficient (Wildman–Crippen LogP) is 1.42. The Balaban J connectivity index is 2.05. The molecule has 5 nitrogen and oxygen atoms in total. The van der Waals surface area contributed by atoms with Gasteiger partial charge in [-0.25, -0.2) is 4.98 Å². The smallest absolute Gasteiger partial charge is 0.267 e. The monoisotopic (exact) mass is 334 g/mol. The van der Waals surface area contributed by atoms with Crippen LogP contribution in [0, 0.1) is 0 Å². The van der Waals surface area contributed by atoms with Crippen LogP contribution >= 0.6 is 15.9 Å². The number of aromatic nitrogens is 2. The molecule has 0 saturated heterocycles. The molecule has 1 aromatic heterocycles. The van der Waals surface area contributed by atoms with Crippen LogP contribution in [0.25, 0.3) is 0 Å². The fourth-order valence-corrected chi connectivity index (χ4v) is 3.06. The lowest BCUT2D eigenvalue weighted by Gasteiger charge is -2.37. The number of rotatable bonds is 2. The molecule has 104 valence electrons. The van der Waals surface area contributed by atoms with E-state index in [9.17, 15) is 4.79 Å². The van der Waals surface area contributed by atoms with Gasteiger partial charge in [-0.3, -0.25) is 4.79 Å². The van der Waals surface area contributed by atoms with Crippen molar-refractivity contribution < 1.29 is 0 Å². The molecule has 0 amide bonds. The molecule has 0 spiro atoms. The second kappa shape index (κ2) is 5.38. The molecule has 1 aliphatic rings. The number of nitrogens with one attached hydrogen (secondary N) is 1. The van der Waals surface area contributed by atoms with Gasteiger partial charge < -0.3 is 15.6 Å². The van der Waals surface area contributed by atoms with Gasteiger partial charge >= 0.3 is 0 Å². The van der Waals surface area contributed by atoms with E-state index >= 15 is 0 Å². The van der Waals surface area contributed by atoms with Gasteiger partial charge in [0.25, 0.3) is 5.56 Å². The first-order chi connectivity index (χ1) is 9.70. The van der Waals surface area contributed by atoms with Crippen molar-refractivity contribution in [2.75, 3.05) is 11.4 Å². The fraction of sp³-hybridized carbons (Fsp3) is 0.286. The second-order valence-corrected chi connectivity index (χ2v) is 5.65. The van der Waals surface area contributed by atoms with Gasteiger partial charge in [0.05, 0.1) is 6.33 Å². The summed E-state index contributed by atoms with van der Waals surface area (Å²) in [6.07, 6.45) is 2.30. The van der Waals surface area contributed by atoms with E-state index in [1.54, 1.807) is 0 Å². The van der Waals surface area contributed by atoms with Crippen LogP contribution in [0.3, 0.4) is 0 Å². The first-order valence-corrected chi connectivity index (χ1v) is 7.26. The van der Waals surface area contributed by atoms with Gasteiger partial charge in [-0.05, 0) is 33.5 Å². The van der Waals surface area contributed by atoms with E-state index in [0.717, 1.165) is 6.42 Å². The topological polar surface area (TPSA) is 75.0 Å². The molecule has 0 fully saturated rings. The lowest BCUT2D eigenvalue weighted by Crippen LogP contribution is -2.46. The molecular formula is C14H15BrN4O. The molecule has 2 aromatic rings. The van der Waals surface area contributed by atoms with Gasteiger partial charge in [0.1, 0.15) is 4.47 Å². The number of fused-ring (bicyclic) bond motifs is 1. The normalized spacial score (nSPS) is 17.9. The Kier molecular flexibility index (Phi) is 3.58. The molecule has 0 radical (unpaired) electrons. The molecule has 3 N–H and O–H groups in total. The Bertz CT molecular complexity index is 685. The van der Waals surface area contributed by atoms with Gasteiger partial charge in [-0.15, -0.1) is 0 Å². The van der Waals surface area contributed by atoms with Crippen LogP contribution in [0.1, 0.15) is 11.1 Å². The van der Waals surface area contributed by atoms with Crippen molar-refractivity contribution in [3.63, 3.8) is 0 Å². The maximum atomic E-state index is 11.7. The zero-order chi connectivity index (χ0) is 14.1. The van der Waals surface area contributed by atoms with Crippen LogP contribution in [-0.2, 0) is 13.0 Å². The average molecular weight is 335 g/mol. The first-order valence-electron chi connectivity index (χ1n) is 6.47.